The van der Waals surface area contributed by atoms with Crippen LogP contribution in [0.2, 0.25) is 0 Å². The van der Waals surface area contributed by atoms with Gasteiger partial charge in [-0.2, -0.15) is 0 Å². The molecule has 180 valence electrons. The first-order chi connectivity index (χ1) is 16.0. The predicted octanol–water partition coefficient (Wildman–Crippen LogP) is 4.41. The average Bonchev–Trinajstić information content (AvgIpc) is 3.47. The first-order valence-electron chi connectivity index (χ1n) is 12.3. The third kappa shape index (κ3) is 2.38. The van der Waals surface area contributed by atoms with Crippen LogP contribution in [0.4, 0.5) is 0 Å². The van der Waals surface area contributed by atoms with Gasteiger partial charge in [-0.05, 0) is 43.4 Å². The van der Waals surface area contributed by atoms with Crippen LogP contribution in [-0.2, 0) is 23.9 Å². The van der Waals surface area contributed by atoms with Gasteiger partial charge in [0.15, 0.2) is 11.6 Å². The summed E-state index contributed by atoms with van der Waals surface area (Å²) in [7, 11) is 0. The second-order valence-electron chi connectivity index (χ2n) is 12.0. The van der Waals surface area contributed by atoms with E-state index in [1.165, 1.54) is 6.92 Å². The summed E-state index contributed by atoms with van der Waals surface area (Å²) in [5, 5.41) is 0. The summed E-state index contributed by atoms with van der Waals surface area (Å²) in [6.07, 6.45) is 9.35. The Labute approximate surface area is 199 Å². The van der Waals surface area contributed by atoms with Gasteiger partial charge in [-0.3, -0.25) is 14.4 Å². The Balaban J connectivity index is 1.58. The Bertz CT molecular complexity index is 1160. The molecule has 9 atom stereocenters. The number of carbonyl (C=O) groups is 3. The topological polar surface area (TPSA) is 82.8 Å². The fraction of sp³-hybridized carbons (Fsp3) is 0.607. The molecule has 1 aromatic rings. The molecule has 1 aliphatic heterocycles. The Kier molecular flexibility index (Phi) is 4.27. The lowest BCUT2D eigenvalue weighted by atomic mass is 9.37. The van der Waals surface area contributed by atoms with Crippen molar-refractivity contribution in [3.05, 3.63) is 48.0 Å². The van der Waals surface area contributed by atoms with Crippen LogP contribution >= 0.6 is 0 Å². The SMILES string of the molecule is CC(=O)OC1CC2(C)C(=CCC2c2ccoc2)C2(C)C(=O)C3OCC4(C)C=CC(=O)C(C)(C34)C12. The largest absolute Gasteiger partial charge is 0.472 e. The number of hydrogen-bond acceptors (Lipinski definition) is 6. The van der Waals surface area contributed by atoms with E-state index in [4.69, 9.17) is 13.9 Å². The van der Waals surface area contributed by atoms with Crippen molar-refractivity contribution in [2.75, 3.05) is 6.61 Å². The van der Waals surface area contributed by atoms with Crippen molar-refractivity contribution >= 4 is 17.5 Å². The smallest absolute Gasteiger partial charge is 0.302 e. The van der Waals surface area contributed by atoms with Gasteiger partial charge < -0.3 is 13.9 Å². The summed E-state index contributed by atoms with van der Waals surface area (Å²) in [5.41, 5.74) is -0.551. The van der Waals surface area contributed by atoms with Crippen LogP contribution in [0.5, 0.6) is 0 Å². The van der Waals surface area contributed by atoms with E-state index in [9.17, 15) is 14.4 Å². The van der Waals surface area contributed by atoms with Gasteiger partial charge >= 0.3 is 5.97 Å². The monoisotopic (exact) mass is 464 g/mol. The van der Waals surface area contributed by atoms with Crippen LogP contribution in [0.1, 0.15) is 58.9 Å². The number of Topliss-reactive ketones (excluding diaryl/α,β-unsaturated/α-hetero) is 1. The van der Waals surface area contributed by atoms with Gasteiger partial charge in [-0.1, -0.05) is 38.5 Å². The third-order valence-corrected chi connectivity index (χ3v) is 10.2. The maximum atomic E-state index is 14.4. The minimum absolute atomic E-state index is 0.0000587. The highest BCUT2D eigenvalue weighted by Crippen LogP contribution is 2.73. The van der Waals surface area contributed by atoms with Gasteiger partial charge in [-0.15, -0.1) is 0 Å². The lowest BCUT2D eigenvalue weighted by molar-refractivity contribution is -0.197. The van der Waals surface area contributed by atoms with E-state index in [1.807, 2.05) is 26.0 Å². The highest BCUT2D eigenvalue weighted by atomic mass is 16.5. The first-order valence-corrected chi connectivity index (χ1v) is 12.3. The molecule has 4 aliphatic carbocycles. The van der Waals surface area contributed by atoms with Crippen molar-refractivity contribution in [2.45, 2.75) is 65.6 Å². The number of hydrogen-bond donors (Lipinski definition) is 0. The van der Waals surface area contributed by atoms with Crippen LogP contribution in [0, 0.1) is 33.5 Å². The summed E-state index contributed by atoms with van der Waals surface area (Å²) < 4.78 is 17.6. The number of ether oxygens (including phenoxy) is 2. The van der Waals surface area contributed by atoms with Crippen molar-refractivity contribution in [3.63, 3.8) is 0 Å². The lowest BCUT2D eigenvalue weighted by Crippen LogP contribution is -2.71. The normalized spacial score (nSPS) is 48.7. The molecule has 0 bridgehead atoms. The van der Waals surface area contributed by atoms with Crippen LogP contribution < -0.4 is 0 Å². The van der Waals surface area contributed by atoms with E-state index in [1.54, 1.807) is 18.6 Å². The molecule has 5 aliphatic rings. The predicted molar refractivity (Wildman–Crippen MR) is 123 cm³/mol. The van der Waals surface area contributed by atoms with Crippen molar-refractivity contribution in [1.29, 1.82) is 0 Å². The van der Waals surface area contributed by atoms with Gasteiger partial charge in [-0.25, -0.2) is 0 Å². The van der Waals surface area contributed by atoms with E-state index in [0.717, 1.165) is 17.6 Å². The van der Waals surface area contributed by atoms with Gasteiger partial charge in [0.05, 0.1) is 24.5 Å². The fourth-order valence-corrected chi connectivity index (χ4v) is 9.04. The minimum atomic E-state index is -0.979. The van der Waals surface area contributed by atoms with Gasteiger partial charge in [0.25, 0.3) is 0 Å². The maximum Gasteiger partial charge on any atom is 0.302 e. The molecule has 0 aromatic carbocycles. The van der Waals surface area contributed by atoms with E-state index in [0.29, 0.717) is 13.0 Å². The molecule has 9 unspecified atom stereocenters. The lowest BCUT2D eigenvalue weighted by Gasteiger charge is -2.64. The molecule has 34 heavy (non-hydrogen) atoms. The summed E-state index contributed by atoms with van der Waals surface area (Å²) in [5.74, 6) is -1.000. The summed E-state index contributed by atoms with van der Waals surface area (Å²) in [4.78, 5) is 40.5. The molecular formula is C28H32O6. The van der Waals surface area contributed by atoms with Crippen LogP contribution in [0.25, 0.3) is 0 Å². The molecule has 1 saturated heterocycles. The zero-order valence-corrected chi connectivity index (χ0v) is 20.4. The Hall–Kier alpha value is -2.47. The van der Waals surface area contributed by atoms with Crippen molar-refractivity contribution < 1.29 is 28.3 Å². The second-order valence-corrected chi connectivity index (χ2v) is 12.0. The summed E-state index contributed by atoms with van der Waals surface area (Å²) >= 11 is 0. The Morgan fingerprint density at radius 3 is 2.59 bits per heavy atom. The van der Waals surface area contributed by atoms with Gasteiger partial charge in [0, 0.05) is 35.0 Å². The van der Waals surface area contributed by atoms with E-state index >= 15 is 0 Å². The van der Waals surface area contributed by atoms with E-state index < -0.39 is 39.8 Å². The van der Waals surface area contributed by atoms with Crippen LogP contribution in [0.15, 0.2) is 46.8 Å². The molecule has 0 N–H and O–H groups in total. The molecule has 0 amide bonds. The van der Waals surface area contributed by atoms with Crippen molar-refractivity contribution in [2.24, 2.45) is 33.5 Å². The molecule has 1 aromatic heterocycles. The zero-order chi connectivity index (χ0) is 24.3. The number of furan rings is 1. The number of ketones is 2. The van der Waals surface area contributed by atoms with Gasteiger partial charge in [0.1, 0.15) is 12.2 Å². The van der Waals surface area contributed by atoms with Crippen molar-refractivity contribution in [1.82, 2.24) is 0 Å². The summed E-state index contributed by atoms with van der Waals surface area (Å²) in [6.45, 7) is 10.0. The molecule has 6 nitrogen and oxygen atoms in total. The quantitative estimate of drug-likeness (QED) is 0.476. The standard InChI is InChI=1S/C28H32O6/c1-15(29)34-18-12-26(3)17(16-9-11-32-13-16)6-7-19(26)27(4)22(18)28(5)20(30)8-10-25(2)14-33-21(23(25)28)24(27)31/h7-11,13,17-18,21-23H,6,12,14H2,1-5H3. The second kappa shape index (κ2) is 6.60. The number of fused-ring (bicyclic) bond motifs is 4. The average molecular weight is 465 g/mol. The van der Waals surface area contributed by atoms with Gasteiger partial charge in [0.2, 0.25) is 0 Å². The van der Waals surface area contributed by atoms with Crippen LogP contribution in [0.3, 0.4) is 0 Å². The Morgan fingerprint density at radius 2 is 1.91 bits per heavy atom. The maximum absolute atomic E-state index is 14.4. The van der Waals surface area contributed by atoms with Crippen molar-refractivity contribution in [3.8, 4) is 0 Å². The number of esters is 1. The van der Waals surface area contributed by atoms with E-state index in [2.05, 4.69) is 19.9 Å². The summed E-state index contributed by atoms with van der Waals surface area (Å²) in [6, 6.07) is 1.98. The fourth-order valence-electron chi connectivity index (χ4n) is 9.04. The molecule has 6 heteroatoms. The molecule has 0 radical (unpaired) electrons. The first kappa shape index (κ1) is 22.0. The number of rotatable bonds is 2. The molecule has 6 rings (SSSR count). The molecule has 0 spiro atoms. The highest BCUT2D eigenvalue weighted by Gasteiger charge is 2.77. The minimum Gasteiger partial charge on any atom is -0.472 e. The third-order valence-electron chi connectivity index (χ3n) is 10.2. The molecule has 2 heterocycles. The zero-order valence-electron chi connectivity index (χ0n) is 20.4. The number of allylic oxidation sites excluding steroid dienone is 3. The van der Waals surface area contributed by atoms with Crippen LogP contribution in [-0.4, -0.2) is 36.4 Å². The number of carbonyl (C=O) groups excluding carboxylic acids is 3. The molecule has 2 saturated carbocycles. The molecular weight excluding hydrogens is 432 g/mol. The molecule has 3 fully saturated rings. The Morgan fingerprint density at radius 1 is 1.15 bits per heavy atom. The van der Waals surface area contributed by atoms with E-state index in [-0.39, 0.29) is 29.4 Å². The highest BCUT2D eigenvalue weighted by molar-refractivity contribution is 6.03.